The van der Waals surface area contributed by atoms with Gasteiger partial charge >= 0.3 is 5.97 Å². The molecule has 0 aromatic carbocycles. The topological polar surface area (TPSA) is 82.8 Å². The van der Waals surface area contributed by atoms with Crippen molar-refractivity contribution in [3.8, 4) is 0 Å². The molecular formula is C17H19N3O4S2. The summed E-state index contributed by atoms with van der Waals surface area (Å²) in [7, 11) is 1.87. The molecule has 0 aliphatic carbocycles. The summed E-state index contributed by atoms with van der Waals surface area (Å²) in [4.78, 5) is 39.7. The Balaban J connectivity index is 1.73. The van der Waals surface area contributed by atoms with Gasteiger partial charge in [-0.2, -0.15) is 0 Å². The molecule has 2 fully saturated rings. The molecule has 0 saturated carbocycles. The first-order chi connectivity index (χ1) is 12.4. The molecule has 1 unspecified atom stereocenters. The van der Waals surface area contributed by atoms with Crippen LogP contribution in [0, 0.1) is 0 Å². The molecule has 2 saturated heterocycles. The third-order valence-corrected chi connectivity index (χ3v) is 5.92. The second kappa shape index (κ2) is 7.63. The number of carboxylic acid groups (broad SMARTS) is 1. The smallest absolute Gasteiger partial charge is 0.326 e. The molecule has 3 heterocycles. The number of aryl methyl sites for hydroxylation is 1. The Labute approximate surface area is 160 Å². The Morgan fingerprint density at radius 3 is 2.85 bits per heavy atom. The van der Waals surface area contributed by atoms with Crippen LogP contribution in [0.15, 0.2) is 23.2 Å². The maximum absolute atomic E-state index is 12.6. The number of rotatable bonds is 4. The fourth-order valence-corrected chi connectivity index (χ4v) is 4.35. The quantitative estimate of drug-likeness (QED) is 0.619. The lowest BCUT2D eigenvalue weighted by atomic mass is 10.0. The van der Waals surface area contributed by atoms with Crippen LogP contribution in [0.3, 0.4) is 0 Å². The summed E-state index contributed by atoms with van der Waals surface area (Å²) in [6.07, 6.45) is 5.60. The predicted molar refractivity (Wildman–Crippen MR) is 102 cm³/mol. The van der Waals surface area contributed by atoms with E-state index >= 15 is 0 Å². The number of piperidine rings is 1. The maximum Gasteiger partial charge on any atom is 0.326 e. The van der Waals surface area contributed by atoms with E-state index < -0.39 is 12.0 Å². The van der Waals surface area contributed by atoms with Crippen LogP contribution in [0.2, 0.25) is 0 Å². The molecule has 138 valence electrons. The third-order valence-electron chi connectivity index (χ3n) is 4.54. The molecule has 2 aliphatic rings. The number of hydrogen-bond donors (Lipinski definition) is 1. The highest BCUT2D eigenvalue weighted by atomic mass is 32.2. The van der Waals surface area contributed by atoms with Gasteiger partial charge in [0.2, 0.25) is 5.91 Å². The zero-order chi connectivity index (χ0) is 18.8. The minimum absolute atomic E-state index is 0.223. The van der Waals surface area contributed by atoms with Crippen molar-refractivity contribution in [2.24, 2.45) is 7.05 Å². The van der Waals surface area contributed by atoms with E-state index in [1.165, 1.54) is 9.80 Å². The fraction of sp³-hybridized carbons (Fsp3) is 0.412. The van der Waals surface area contributed by atoms with Crippen LogP contribution in [0.4, 0.5) is 0 Å². The summed E-state index contributed by atoms with van der Waals surface area (Å²) < 4.78 is 2.19. The van der Waals surface area contributed by atoms with Gasteiger partial charge in [0.15, 0.2) is 0 Å². The van der Waals surface area contributed by atoms with Crippen molar-refractivity contribution >= 4 is 52.2 Å². The summed E-state index contributed by atoms with van der Waals surface area (Å²) >= 11 is 6.41. The highest BCUT2D eigenvalue weighted by molar-refractivity contribution is 8.26. The molecule has 2 aliphatic heterocycles. The number of amides is 2. The number of thioether (sulfide) groups is 1. The van der Waals surface area contributed by atoms with Gasteiger partial charge in [-0.25, -0.2) is 4.79 Å². The van der Waals surface area contributed by atoms with Crippen LogP contribution in [0.1, 0.15) is 25.0 Å². The lowest BCUT2D eigenvalue weighted by molar-refractivity contribution is -0.152. The van der Waals surface area contributed by atoms with Gasteiger partial charge in [-0.05, 0) is 37.5 Å². The number of carbonyl (C=O) groups is 3. The molecule has 1 aromatic heterocycles. The van der Waals surface area contributed by atoms with Gasteiger partial charge in [0.05, 0.1) is 4.91 Å². The molecular weight excluding hydrogens is 374 g/mol. The Hall–Kier alpha value is -2.13. The fourth-order valence-electron chi connectivity index (χ4n) is 3.11. The average Bonchev–Trinajstić information content (AvgIpc) is 3.13. The van der Waals surface area contributed by atoms with E-state index in [-0.39, 0.29) is 18.4 Å². The van der Waals surface area contributed by atoms with Crippen LogP contribution in [0.5, 0.6) is 0 Å². The zero-order valence-corrected chi connectivity index (χ0v) is 15.9. The third kappa shape index (κ3) is 3.68. The van der Waals surface area contributed by atoms with Crippen LogP contribution in [-0.4, -0.2) is 60.7 Å². The molecule has 3 rings (SSSR count). The van der Waals surface area contributed by atoms with E-state index in [4.69, 9.17) is 12.2 Å². The molecule has 9 heteroatoms. The largest absolute Gasteiger partial charge is 0.480 e. The minimum atomic E-state index is -1.01. The molecule has 7 nitrogen and oxygen atoms in total. The number of aromatic nitrogens is 1. The van der Waals surface area contributed by atoms with Gasteiger partial charge in [-0.3, -0.25) is 14.5 Å². The summed E-state index contributed by atoms with van der Waals surface area (Å²) in [6.45, 7) is 0.169. The highest BCUT2D eigenvalue weighted by Crippen LogP contribution is 2.32. The van der Waals surface area contributed by atoms with Gasteiger partial charge in [-0.15, -0.1) is 0 Å². The van der Waals surface area contributed by atoms with E-state index in [2.05, 4.69) is 0 Å². The van der Waals surface area contributed by atoms with Gasteiger partial charge in [0, 0.05) is 25.5 Å². The van der Waals surface area contributed by atoms with Crippen molar-refractivity contribution in [3.63, 3.8) is 0 Å². The van der Waals surface area contributed by atoms with Crippen LogP contribution >= 0.6 is 24.0 Å². The molecule has 0 bridgehead atoms. The SMILES string of the molecule is Cn1cccc1C=C1SC(=S)N(CC(=O)N2CCCCC2C(=O)O)C1=O. The van der Waals surface area contributed by atoms with E-state index in [0.717, 1.165) is 30.3 Å². The molecule has 2 amide bonds. The Morgan fingerprint density at radius 2 is 2.19 bits per heavy atom. The van der Waals surface area contributed by atoms with Crippen molar-refractivity contribution in [1.82, 2.24) is 14.4 Å². The lowest BCUT2D eigenvalue weighted by Crippen LogP contribution is -2.51. The van der Waals surface area contributed by atoms with Crippen molar-refractivity contribution in [1.29, 1.82) is 0 Å². The second-order valence-corrected chi connectivity index (χ2v) is 7.92. The van der Waals surface area contributed by atoms with E-state index in [1.54, 1.807) is 6.08 Å². The van der Waals surface area contributed by atoms with Crippen LogP contribution < -0.4 is 0 Å². The first-order valence-corrected chi connectivity index (χ1v) is 9.50. The first kappa shape index (κ1) is 18.7. The molecule has 1 aromatic rings. The number of thiocarbonyl (C=S) groups is 1. The number of nitrogens with zero attached hydrogens (tertiary/aromatic N) is 3. The van der Waals surface area contributed by atoms with E-state index in [9.17, 15) is 19.5 Å². The first-order valence-electron chi connectivity index (χ1n) is 8.27. The maximum atomic E-state index is 12.6. The molecule has 1 atom stereocenters. The lowest BCUT2D eigenvalue weighted by Gasteiger charge is -2.33. The Bertz CT molecular complexity index is 802. The second-order valence-electron chi connectivity index (χ2n) is 6.25. The summed E-state index contributed by atoms with van der Waals surface area (Å²) in [5, 5.41) is 9.32. The molecule has 0 radical (unpaired) electrons. The Morgan fingerprint density at radius 1 is 1.42 bits per heavy atom. The standard InChI is InChI=1S/C17H19N3O4S2/c1-18-7-4-5-11(18)9-13-15(22)20(17(25)26-13)10-14(21)19-8-3-2-6-12(19)16(23)24/h4-5,7,9,12H,2-3,6,8,10H2,1H3,(H,23,24). The number of aliphatic carboxylic acids is 1. The predicted octanol–water partition coefficient (Wildman–Crippen LogP) is 1.69. The monoisotopic (exact) mass is 393 g/mol. The van der Waals surface area contributed by atoms with Crippen LogP contribution in [0.25, 0.3) is 6.08 Å². The average molecular weight is 393 g/mol. The Kier molecular flexibility index (Phi) is 5.47. The van der Waals surface area contributed by atoms with Gasteiger partial charge in [0.25, 0.3) is 5.91 Å². The molecule has 26 heavy (non-hydrogen) atoms. The van der Waals surface area contributed by atoms with Crippen molar-refractivity contribution in [3.05, 3.63) is 28.9 Å². The number of likely N-dealkylation sites (tertiary alicyclic amines) is 1. The summed E-state index contributed by atoms with van der Waals surface area (Å²) in [5.41, 5.74) is 0.860. The van der Waals surface area contributed by atoms with E-state index in [1.807, 2.05) is 29.9 Å². The normalized spacial score (nSPS) is 22.3. The number of carbonyl (C=O) groups excluding carboxylic acids is 2. The van der Waals surface area contributed by atoms with Gasteiger partial charge in [-0.1, -0.05) is 24.0 Å². The van der Waals surface area contributed by atoms with Crippen molar-refractivity contribution in [2.45, 2.75) is 25.3 Å². The van der Waals surface area contributed by atoms with Crippen molar-refractivity contribution < 1.29 is 19.5 Å². The van der Waals surface area contributed by atoms with Gasteiger partial charge < -0.3 is 14.6 Å². The van der Waals surface area contributed by atoms with Crippen molar-refractivity contribution in [2.75, 3.05) is 13.1 Å². The number of hydrogen-bond acceptors (Lipinski definition) is 5. The molecule has 0 spiro atoms. The van der Waals surface area contributed by atoms with Gasteiger partial charge in [0.1, 0.15) is 16.9 Å². The number of carboxylic acids is 1. The van der Waals surface area contributed by atoms with E-state index in [0.29, 0.717) is 22.2 Å². The van der Waals surface area contributed by atoms with Crippen LogP contribution in [-0.2, 0) is 21.4 Å². The highest BCUT2D eigenvalue weighted by Gasteiger charge is 2.37. The minimum Gasteiger partial charge on any atom is -0.480 e. The molecule has 1 N–H and O–H groups in total. The summed E-state index contributed by atoms with van der Waals surface area (Å²) in [6, 6.07) is 2.93. The summed E-state index contributed by atoms with van der Waals surface area (Å²) in [5.74, 6) is -1.71. The zero-order valence-electron chi connectivity index (χ0n) is 14.3.